The number of ether oxygens (including phenoxy) is 1. The van der Waals surface area contributed by atoms with Crippen LogP contribution in [-0.2, 0) is 0 Å². The van der Waals surface area contributed by atoms with Gasteiger partial charge in [-0.2, -0.15) is 0 Å². The van der Waals surface area contributed by atoms with Crippen LogP contribution >= 0.6 is 11.6 Å². The van der Waals surface area contributed by atoms with Crippen molar-refractivity contribution in [3.8, 4) is 5.75 Å². The van der Waals surface area contributed by atoms with Crippen molar-refractivity contribution in [3.05, 3.63) is 29.8 Å². The molecule has 1 rings (SSSR count). The molecule has 0 saturated heterocycles. The number of carbonyl (C=O) groups excluding carboxylic acids is 2. The summed E-state index contributed by atoms with van der Waals surface area (Å²) in [4.78, 5) is 21.5. The minimum absolute atomic E-state index is 0.200. The number of rotatable bonds is 2. The average Bonchev–Trinajstić information content (AvgIpc) is 2.17. The van der Waals surface area contributed by atoms with Gasteiger partial charge in [-0.25, -0.2) is 4.79 Å². The zero-order valence-corrected chi connectivity index (χ0v) is 8.17. The van der Waals surface area contributed by atoms with Gasteiger partial charge in [0.2, 0.25) is 0 Å². The maximum Gasteiger partial charge on any atom is 0.409 e. The topological polar surface area (TPSA) is 55.4 Å². The highest BCUT2D eigenvalue weighted by Gasteiger charge is 2.04. The van der Waals surface area contributed by atoms with E-state index in [1.54, 1.807) is 0 Å². The minimum atomic E-state index is -0.905. The molecule has 1 N–H and O–H groups in total. The first-order chi connectivity index (χ1) is 6.63. The zero-order valence-electron chi connectivity index (χ0n) is 7.41. The lowest BCUT2D eigenvalue weighted by Gasteiger charge is -2.01. The summed E-state index contributed by atoms with van der Waals surface area (Å²) in [7, 11) is 1.54. The average molecular weight is 214 g/mol. The van der Waals surface area contributed by atoms with Gasteiger partial charge in [0, 0.05) is 24.2 Å². The van der Waals surface area contributed by atoms with Crippen molar-refractivity contribution in [2.45, 2.75) is 0 Å². The van der Waals surface area contributed by atoms with Gasteiger partial charge in [-0.15, -0.1) is 0 Å². The Morgan fingerprint density at radius 2 is 1.86 bits per heavy atom. The lowest BCUT2D eigenvalue weighted by molar-refractivity contribution is 0.0963. The molecule has 14 heavy (non-hydrogen) atoms. The maximum absolute atomic E-state index is 11.1. The molecule has 4 nitrogen and oxygen atoms in total. The van der Waals surface area contributed by atoms with Crippen LogP contribution in [0.2, 0.25) is 0 Å². The quantitative estimate of drug-likeness (QED) is 0.762. The molecular weight excluding hydrogens is 206 g/mol. The Morgan fingerprint density at radius 3 is 2.29 bits per heavy atom. The Labute approximate surface area is 85.8 Å². The van der Waals surface area contributed by atoms with E-state index in [0.29, 0.717) is 11.3 Å². The summed E-state index contributed by atoms with van der Waals surface area (Å²) >= 11 is 5.00. The predicted molar refractivity (Wildman–Crippen MR) is 51.7 cm³/mol. The molecule has 0 bridgehead atoms. The molecule has 1 amide bonds. The fourth-order valence-electron chi connectivity index (χ4n) is 0.911. The predicted octanol–water partition coefficient (Wildman–Crippen LogP) is 1.78. The number of halogens is 1. The fourth-order valence-corrected chi connectivity index (χ4v) is 1.00. The van der Waals surface area contributed by atoms with Gasteiger partial charge in [0.25, 0.3) is 5.91 Å². The highest BCUT2D eigenvalue weighted by molar-refractivity contribution is 6.61. The van der Waals surface area contributed by atoms with E-state index in [-0.39, 0.29) is 5.91 Å². The number of hydrogen-bond acceptors (Lipinski definition) is 3. The van der Waals surface area contributed by atoms with Crippen molar-refractivity contribution in [1.29, 1.82) is 0 Å². The molecule has 74 valence electrons. The van der Waals surface area contributed by atoms with E-state index >= 15 is 0 Å². The number of carbonyl (C=O) groups is 2. The molecule has 0 radical (unpaired) electrons. The summed E-state index contributed by atoms with van der Waals surface area (Å²) in [5.41, 5.74) is -0.417. The van der Waals surface area contributed by atoms with Gasteiger partial charge in [-0.1, -0.05) is 0 Å². The molecule has 0 fully saturated rings. The van der Waals surface area contributed by atoms with Crippen molar-refractivity contribution in [3.63, 3.8) is 0 Å². The number of hydrogen-bond donors (Lipinski definition) is 1. The number of amides is 1. The molecule has 0 heterocycles. The van der Waals surface area contributed by atoms with Crippen LogP contribution in [0.5, 0.6) is 5.75 Å². The highest BCUT2D eigenvalue weighted by Crippen LogP contribution is 2.13. The second-order valence-electron chi connectivity index (χ2n) is 2.44. The molecular formula is C9H8ClNO3. The van der Waals surface area contributed by atoms with Gasteiger partial charge in [-0.05, 0) is 24.3 Å². The Balaban J connectivity index is 2.78. The van der Waals surface area contributed by atoms with Gasteiger partial charge < -0.3 is 10.1 Å². The van der Waals surface area contributed by atoms with Crippen molar-refractivity contribution < 1.29 is 14.3 Å². The van der Waals surface area contributed by atoms with Gasteiger partial charge >= 0.3 is 5.43 Å². The van der Waals surface area contributed by atoms with Crippen LogP contribution in [0, 0.1) is 0 Å². The first kappa shape index (κ1) is 10.5. The fraction of sp³-hybridized carbons (Fsp3) is 0.111. The molecule has 0 aliphatic carbocycles. The summed E-state index contributed by atoms with van der Waals surface area (Å²) in [6.45, 7) is 0. The SMILES string of the molecule is CNC(=O)c1ccc(OC(=O)Cl)cc1. The summed E-state index contributed by atoms with van der Waals surface area (Å²) in [6, 6.07) is 6.05. The van der Waals surface area contributed by atoms with Gasteiger partial charge in [-0.3, -0.25) is 4.79 Å². The van der Waals surface area contributed by atoms with Crippen molar-refractivity contribution in [2.24, 2.45) is 0 Å². The number of nitrogens with one attached hydrogen (secondary N) is 1. The highest BCUT2D eigenvalue weighted by atomic mass is 35.5. The van der Waals surface area contributed by atoms with E-state index in [1.165, 1.54) is 31.3 Å². The molecule has 0 aromatic heterocycles. The van der Waals surface area contributed by atoms with Gasteiger partial charge in [0.05, 0.1) is 0 Å². The summed E-state index contributed by atoms with van der Waals surface area (Å²) in [5.74, 6) is 0.103. The van der Waals surface area contributed by atoms with Crippen LogP contribution in [0.4, 0.5) is 4.79 Å². The van der Waals surface area contributed by atoms with E-state index in [0.717, 1.165) is 0 Å². The molecule has 0 aliphatic heterocycles. The summed E-state index contributed by atoms with van der Waals surface area (Å²) in [6.07, 6.45) is 0. The van der Waals surface area contributed by atoms with Crippen LogP contribution in [0.25, 0.3) is 0 Å². The third kappa shape index (κ3) is 2.74. The molecule has 0 atom stereocenters. The molecule has 0 saturated carbocycles. The van der Waals surface area contributed by atoms with Gasteiger partial charge in [0.15, 0.2) is 0 Å². The van der Waals surface area contributed by atoms with E-state index < -0.39 is 5.43 Å². The minimum Gasteiger partial charge on any atom is -0.415 e. The smallest absolute Gasteiger partial charge is 0.409 e. The first-order valence-electron chi connectivity index (χ1n) is 3.83. The van der Waals surface area contributed by atoms with E-state index in [2.05, 4.69) is 10.1 Å². The van der Waals surface area contributed by atoms with Crippen molar-refractivity contribution in [2.75, 3.05) is 7.05 Å². The van der Waals surface area contributed by atoms with Crippen LogP contribution < -0.4 is 10.1 Å². The molecule has 0 spiro atoms. The zero-order chi connectivity index (χ0) is 10.6. The second-order valence-corrected chi connectivity index (χ2v) is 2.75. The van der Waals surface area contributed by atoms with Crippen LogP contribution in [0.3, 0.4) is 0 Å². The molecule has 0 aliphatic rings. The maximum atomic E-state index is 11.1. The molecule has 5 heteroatoms. The second kappa shape index (κ2) is 4.62. The third-order valence-corrected chi connectivity index (χ3v) is 1.62. The van der Waals surface area contributed by atoms with E-state index in [1.807, 2.05) is 0 Å². The first-order valence-corrected chi connectivity index (χ1v) is 4.20. The summed E-state index contributed by atoms with van der Waals surface area (Å²) < 4.78 is 4.58. The molecule has 1 aromatic rings. The van der Waals surface area contributed by atoms with E-state index in [4.69, 9.17) is 11.6 Å². The Hall–Kier alpha value is -1.55. The lowest BCUT2D eigenvalue weighted by atomic mass is 10.2. The van der Waals surface area contributed by atoms with Crippen LogP contribution in [0.1, 0.15) is 10.4 Å². The van der Waals surface area contributed by atoms with Gasteiger partial charge in [0.1, 0.15) is 5.75 Å². The largest absolute Gasteiger partial charge is 0.415 e. The Kier molecular flexibility index (Phi) is 3.48. The summed E-state index contributed by atoms with van der Waals surface area (Å²) in [5, 5.41) is 2.47. The van der Waals surface area contributed by atoms with Crippen molar-refractivity contribution >= 4 is 22.9 Å². The molecule has 0 unspecified atom stereocenters. The van der Waals surface area contributed by atoms with Crippen LogP contribution in [-0.4, -0.2) is 18.4 Å². The van der Waals surface area contributed by atoms with Crippen molar-refractivity contribution in [1.82, 2.24) is 5.32 Å². The monoisotopic (exact) mass is 213 g/mol. The standard InChI is InChI=1S/C9H8ClNO3/c1-11-8(12)6-2-4-7(5-3-6)14-9(10)13/h2-5H,1H3,(H,11,12). The lowest BCUT2D eigenvalue weighted by Crippen LogP contribution is -2.17. The third-order valence-electron chi connectivity index (χ3n) is 1.54. The normalized spacial score (nSPS) is 9.29. The van der Waals surface area contributed by atoms with Crippen LogP contribution in [0.15, 0.2) is 24.3 Å². The Morgan fingerprint density at radius 1 is 1.29 bits per heavy atom. The molecule has 1 aromatic carbocycles. The number of benzene rings is 1. The van der Waals surface area contributed by atoms with E-state index in [9.17, 15) is 9.59 Å². The Bertz CT molecular complexity index is 348.